The van der Waals surface area contributed by atoms with Gasteiger partial charge >= 0.3 is 0 Å². The first kappa shape index (κ1) is 14.9. The summed E-state index contributed by atoms with van der Waals surface area (Å²) in [7, 11) is 0. The van der Waals surface area contributed by atoms with E-state index in [0.29, 0.717) is 30.2 Å². The second-order valence-electron chi connectivity index (χ2n) is 4.18. The van der Waals surface area contributed by atoms with Crippen LogP contribution in [0, 0.1) is 12.7 Å². The summed E-state index contributed by atoms with van der Waals surface area (Å²) in [6, 6.07) is 4.30. The van der Waals surface area contributed by atoms with Crippen molar-refractivity contribution in [2.45, 2.75) is 6.92 Å². The van der Waals surface area contributed by atoms with E-state index in [9.17, 15) is 9.60 Å². The number of nitrogens with two attached hydrogens (primary N) is 1. The van der Waals surface area contributed by atoms with Gasteiger partial charge in [0.2, 0.25) is 5.82 Å². The van der Waals surface area contributed by atoms with Crippen molar-refractivity contribution in [2.24, 2.45) is 10.7 Å². The molecule has 5 N–H and O–H groups in total. The fraction of sp³-hybridized carbons (Fsp3) is 0.250. The van der Waals surface area contributed by atoms with Gasteiger partial charge in [-0.15, -0.1) is 0 Å². The highest BCUT2D eigenvalue weighted by atomic mass is 19.1. The van der Waals surface area contributed by atoms with E-state index in [2.05, 4.69) is 25.3 Å². The molecule has 9 heteroatoms. The van der Waals surface area contributed by atoms with Gasteiger partial charge in [0.05, 0.1) is 5.69 Å². The third-order valence-electron chi connectivity index (χ3n) is 2.64. The van der Waals surface area contributed by atoms with Crippen LogP contribution >= 0.6 is 0 Å². The molecule has 0 atom stereocenters. The summed E-state index contributed by atoms with van der Waals surface area (Å²) in [5.41, 5.74) is 8.38. The van der Waals surface area contributed by atoms with E-state index in [1.54, 1.807) is 6.92 Å². The molecule has 0 radical (unpaired) electrons. The van der Waals surface area contributed by atoms with Gasteiger partial charge in [0.25, 0.3) is 0 Å². The van der Waals surface area contributed by atoms with E-state index in [1.165, 1.54) is 18.2 Å². The maximum atomic E-state index is 13.2. The average Bonchev–Trinajstić information content (AvgIpc) is 2.94. The number of nitrogens with zero attached hydrogens (tertiary/aromatic N) is 3. The fourth-order valence-corrected chi connectivity index (χ4v) is 1.61. The Kier molecular flexibility index (Phi) is 4.80. The highest BCUT2D eigenvalue weighted by Crippen LogP contribution is 2.19. The number of benzene rings is 1. The zero-order chi connectivity index (χ0) is 15.2. The molecule has 0 fully saturated rings. The number of rotatable bonds is 5. The van der Waals surface area contributed by atoms with Crippen molar-refractivity contribution >= 4 is 17.3 Å². The summed E-state index contributed by atoms with van der Waals surface area (Å²) in [5.74, 6) is -0.0257. The van der Waals surface area contributed by atoms with Gasteiger partial charge in [0.1, 0.15) is 5.82 Å². The molecule has 1 heterocycles. The van der Waals surface area contributed by atoms with E-state index >= 15 is 0 Å². The Labute approximate surface area is 119 Å². The van der Waals surface area contributed by atoms with Crippen LogP contribution in [0.4, 0.5) is 15.9 Å². The highest BCUT2D eigenvalue weighted by molar-refractivity contribution is 6.01. The van der Waals surface area contributed by atoms with Gasteiger partial charge in [-0.1, -0.05) is 0 Å². The predicted octanol–water partition coefficient (Wildman–Crippen LogP) is 0.945. The summed E-state index contributed by atoms with van der Waals surface area (Å²) >= 11 is 0. The molecule has 0 aliphatic rings. The molecule has 0 saturated carbocycles. The quantitative estimate of drug-likeness (QED) is 0.368. The summed E-state index contributed by atoms with van der Waals surface area (Å²) in [5, 5.41) is 19.4. The van der Waals surface area contributed by atoms with Gasteiger partial charge in [0.15, 0.2) is 11.5 Å². The van der Waals surface area contributed by atoms with E-state index in [0.717, 1.165) is 0 Å². The topological polar surface area (TPSA) is 122 Å². The van der Waals surface area contributed by atoms with Crippen LogP contribution in [0.5, 0.6) is 0 Å². The Hall–Kier alpha value is -2.52. The normalized spacial score (nSPS) is 11.5. The Bertz CT molecular complexity index is 642. The van der Waals surface area contributed by atoms with E-state index in [1.807, 2.05) is 5.48 Å². The fourth-order valence-electron chi connectivity index (χ4n) is 1.61. The number of anilines is 1. The zero-order valence-electron chi connectivity index (χ0n) is 11.3. The third-order valence-corrected chi connectivity index (χ3v) is 2.64. The van der Waals surface area contributed by atoms with Crippen LogP contribution in [-0.4, -0.2) is 34.4 Å². The molecule has 2 aromatic rings. The van der Waals surface area contributed by atoms with Crippen molar-refractivity contribution in [3.8, 4) is 0 Å². The van der Waals surface area contributed by atoms with Crippen molar-refractivity contribution in [1.29, 1.82) is 0 Å². The second-order valence-corrected chi connectivity index (χ2v) is 4.18. The lowest BCUT2D eigenvalue weighted by Crippen LogP contribution is -2.23. The number of aliphatic imine (C=N–C) groups is 1. The molecule has 21 heavy (non-hydrogen) atoms. The molecule has 0 bridgehead atoms. The standard InChI is InChI=1S/C12H15FN6O2/c1-7-6-8(2-3-9(7)13)16-12(17-20)10-11(15-5-4-14)19-21-18-10/h2-3,6,20H,4-5,14H2,1H3,(H,15,19)(H,16,17). The molecular formula is C12H15FN6O2. The van der Waals surface area contributed by atoms with Gasteiger partial charge in [-0.25, -0.2) is 14.0 Å². The van der Waals surface area contributed by atoms with Crippen LogP contribution in [-0.2, 0) is 0 Å². The summed E-state index contributed by atoms with van der Waals surface area (Å²) in [6.07, 6.45) is 0. The molecule has 0 spiro atoms. The minimum absolute atomic E-state index is 0.0155. The van der Waals surface area contributed by atoms with Crippen molar-refractivity contribution in [3.05, 3.63) is 35.3 Å². The van der Waals surface area contributed by atoms with Gasteiger partial charge in [-0.3, -0.25) is 10.7 Å². The van der Waals surface area contributed by atoms with Gasteiger partial charge < -0.3 is 11.1 Å². The Morgan fingerprint density at radius 1 is 1.48 bits per heavy atom. The van der Waals surface area contributed by atoms with Crippen molar-refractivity contribution < 1.29 is 14.2 Å². The molecule has 112 valence electrons. The molecule has 0 amide bonds. The zero-order valence-corrected chi connectivity index (χ0v) is 11.3. The summed E-state index contributed by atoms with van der Waals surface area (Å²) in [6.45, 7) is 2.46. The van der Waals surface area contributed by atoms with Crippen LogP contribution in [0.2, 0.25) is 0 Å². The number of amidine groups is 1. The van der Waals surface area contributed by atoms with E-state index in [-0.39, 0.29) is 17.3 Å². The molecule has 2 rings (SSSR count). The molecular weight excluding hydrogens is 279 g/mol. The van der Waals surface area contributed by atoms with Crippen LogP contribution in [0.15, 0.2) is 27.8 Å². The number of hydroxylamine groups is 1. The molecule has 0 unspecified atom stereocenters. The van der Waals surface area contributed by atoms with Crippen LogP contribution in [0.1, 0.15) is 11.3 Å². The molecule has 8 nitrogen and oxygen atoms in total. The minimum atomic E-state index is -0.333. The number of hydrogen-bond acceptors (Lipinski definition) is 7. The minimum Gasteiger partial charge on any atom is -0.364 e. The maximum Gasteiger partial charge on any atom is 0.202 e. The first-order chi connectivity index (χ1) is 10.2. The van der Waals surface area contributed by atoms with Crippen LogP contribution in [0.3, 0.4) is 0 Å². The van der Waals surface area contributed by atoms with E-state index in [4.69, 9.17) is 5.73 Å². The van der Waals surface area contributed by atoms with Crippen molar-refractivity contribution in [3.63, 3.8) is 0 Å². The molecule has 0 aliphatic heterocycles. The Morgan fingerprint density at radius 2 is 2.29 bits per heavy atom. The monoisotopic (exact) mass is 294 g/mol. The Balaban J connectivity index is 2.32. The second kappa shape index (κ2) is 6.77. The van der Waals surface area contributed by atoms with Gasteiger partial charge in [0, 0.05) is 13.1 Å². The first-order valence-corrected chi connectivity index (χ1v) is 6.17. The third kappa shape index (κ3) is 3.52. The largest absolute Gasteiger partial charge is 0.364 e. The highest BCUT2D eigenvalue weighted by Gasteiger charge is 2.16. The lowest BCUT2D eigenvalue weighted by atomic mass is 10.2. The number of aryl methyl sites for hydroxylation is 1. The molecule has 1 aromatic carbocycles. The molecule has 1 aromatic heterocycles. The molecule has 0 saturated heterocycles. The smallest absolute Gasteiger partial charge is 0.202 e. The first-order valence-electron chi connectivity index (χ1n) is 6.17. The maximum absolute atomic E-state index is 13.2. The number of hydrogen-bond donors (Lipinski definition) is 4. The average molecular weight is 294 g/mol. The predicted molar refractivity (Wildman–Crippen MR) is 74.1 cm³/mol. The van der Waals surface area contributed by atoms with Gasteiger partial charge in [-0.05, 0) is 41.0 Å². The lowest BCUT2D eigenvalue weighted by Gasteiger charge is -2.05. The number of halogens is 1. The summed E-state index contributed by atoms with van der Waals surface area (Å²) in [4.78, 5) is 4.15. The Morgan fingerprint density at radius 3 is 2.95 bits per heavy atom. The number of aromatic nitrogens is 2. The van der Waals surface area contributed by atoms with Crippen LogP contribution in [0.25, 0.3) is 0 Å². The van der Waals surface area contributed by atoms with Crippen molar-refractivity contribution in [1.82, 2.24) is 15.8 Å². The summed E-state index contributed by atoms with van der Waals surface area (Å²) < 4.78 is 17.8. The lowest BCUT2D eigenvalue weighted by molar-refractivity contribution is 0.234. The molecule has 0 aliphatic carbocycles. The van der Waals surface area contributed by atoms with Crippen molar-refractivity contribution in [2.75, 3.05) is 18.4 Å². The number of nitrogens with one attached hydrogen (secondary N) is 2. The SMILES string of the molecule is Cc1cc(N=C(NO)c2nonc2NCCN)ccc1F. The van der Waals surface area contributed by atoms with Crippen LogP contribution < -0.4 is 16.5 Å². The van der Waals surface area contributed by atoms with Gasteiger partial charge in [-0.2, -0.15) is 0 Å². The van der Waals surface area contributed by atoms with E-state index < -0.39 is 0 Å².